The number of aryl methyl sites for hydroxylation is 1. The van der Waals surface area contributed by atoms with E-state index in [1.807, 2.05) is 31.2 Å². The van der Waals surface area contributed by atoms with Gasteiger partial charge in [-0.3, -0.25) is 4.79 Å². The van der Waals surface area contributed by atoms with Crippen LogP contribution in [0.4, 0.5) is 10.1 Å². The van der Waals surface area contributed by atoms with Gasteiger partial charge in [0, 0.05) is 17.8 Å². The van der Waals surface area contributed by atoms with Gasteiger partial charge in [-0.2, -0.15) is 0 Å². The Morgan fingerprint density at radius 3 is 2.57 bits per heavy atom. The van der Waals surface area contributed by atoms with E-state index in [4.69, 9.17) is 4.74 Å². The SMILES string of the molecule is Cc1ccc(NCCC(=O)OCc2ccccc2F)cc1. The highest BCUT2D eigenvalue weighted by Gasteiger charge is 2.06. The molecule has 0 spiro atoms. The molecule has 0 amide bonds. The minimum atomic E-state index is -0.358. The lowest BCUT2D eigenvalue weighted by Crippen LogP contribution is -2.11. The van der Waals surface area contributed by atoms with E-state index in [1.54, 1.807) is 18.2 Å². The quantitative estimate of drug-likeness (QED) is 0.824. The molecule has 2 aromatic rings. The molecule has 0 aromatic heterocycles. The molecule has 0 heterocycles. The molecule has 0 aliphatic heterocycles. The number of carbonyl (C=O) groups excluding carboxylic acids is 1. The Balaban J connectivity index is 1.70. The van der Waals surface area contributed by atoms with Crippen LogP contribution >= 0.6 is 0 Å². The molecular formula is C17H18FNO2. The summed E-state index contributed by atoms with van der Waals surface area (Å²) in [4.78, 5) is 11.6. The van der Waals surface area contributed by atoms with Gasteiger partial charge in [-0.25, -0.2) is 4.39 Å². The summed E-state index contributed by atoms with van der Waals surface area (Å²) in [5.74, 6) is -0.707. The zero-order chi connectivity index (χ0) is 15.1. The highest BCUT2D eigenvalue weighted by atomic mass is 19.1. The number of rotatable bonds is 6. The van der Waals surface area contributed by atoms with Gasteiger partial charge in [-0.1, -0.05) is 35.9 Å². The lowest BCUT2D eigenvalue weighted by Gasteiger charge is -2.08. The van der Waals surface area contributed by atoms with Gasteiger partial charge in [0.05, 0.1) is 6.42 Å². The van der Waals surface area contributed by atoms with Crippen molar-refractivity contribution in [1.29, 1.82) is 0 Å². The Kier molecular flexibility index (Phi) is 5.32. The van der Waals surface area contributed by atoms with E-state index in [1.165, 1.54) is 11.6 Å². The number of hydrogen-bond donors (Lipinski definition) is 1. The van der Waals surface area contributed by atoms with Crippen molar-refractivity contribution in [2.75, 3.05) is 11.9 Å². The molecule has 110 valence electrons. The fourth-order valence-corrected chi connectivity index (χ4v) is 1.83. The van der Waals surface area contributed by atoms with Gasteiger partial charge in [-0.15, -0.1) is 0 Å². The molecule has 3 nitrogen and oxygen atoms in total. The van der Waals surface area contributed by atoms with E-state index in [0.29, 0.717) is 12.1 Å². The first-order valence-corrected chi connectivity index (χ1v) is 6.85. The molecule has 0 saturated carbocycles. The molecule has 21 heavy (non-hydrogen) atoms. The third-order valence-electron chi connectivity index (χ3n) is 3.06. The van der Waals surface area contributed by atoms with Crippen LogP contribution in [0, 0.1) is 12.7 Å². The Hall–Kier alpha value is -2.36. The molecule has 2 aromatic carbocycles. The third-order valence-corrected chi connectivity index (χ3v) is 3.06. The number of benzene rings is 2. The number of nitrogens with one attached hydrogen (secondary N) is 1. The summed E-state index contributed by atoms with van der Waals surface area (Å²) in [5.41, 5.74) is 2.53. The van der Waals surface area contributed by atoms with Crippen molar-refractivity contribution in [1.82, 2.24) is 0 Å². The second-order valence-corrected chi connectivity index (χ2v) is 4.79. The van der Waals surface area contributed by atoms with Crippen molar-refractivity contribution in [2.24, 2.45) is 0 Å². The van der Waals surface area contributed by atoms with E-state index in [9.17, 15) is 9.18 Å². The molecule has 0 saturated heterocycles. The number of ether oxygens (including phenoxy) is 1. The van der Waals surface area contributed by atoms with Crippen molar-refractivity contribution in [3.63, 3.8) is 0 Å². The molecule has 0 radical (unpaired) electrons. The second-order valence-electron chi connectivity index (χ2n) is 4.79. The largest absolute Gasteiger partial charge is 0.461 e. The van der Waals surface area contributed by atoms with Crippen LogP contribution in [0.15, 0.2) is 48.5 Å². The first-order valence-electron chi connectivity index (χ1n) is 6.85. The van der Waals surface area contributed by atoms with E-state index >= 15 is 0 Å². The van der Waals surface area contributed by atoms with Crippen LogP contribution in [0.5, 0.6) is 0 Å². The number of halogens is 1. The summed E-state index contributed by atoms with van der Waals surface area (Å²) < 4.78 is 18.4. The second kappa shape index (κ2) is 7.43. The minimum Gasteiger partial charge on any atom is -0.461 e. The van der Waals surface area contributed by atoms with E-state index in [-0.39, 0.29) is 24.8 Å². The van der Waals surface area contributed by atoms with Gasteiger partial charge >= 0.3 is 5.97 Å². The minimum absolute atomic E-state index is 0.0317. The zero-order valence-electron chi connectivity index (χ0n) is 11.9. The van der Waals surface area contributed by atoms with E-state index < -0.39 is 0 Å². The summed E-state index contributed by atoms with van der Waals surface area (Å²) in [6, 6.07) is 14.2. The standard InChI is InChI=1S/C17H18FNO2/c1-13-6-8-15(9-7-13)19-11-10-17(20)21-12-14-4-2-3-5-16(14)18/h2-9,19H,10-12H2,1H3. The highest BCUT2D eigenvalue weighted by molar-refractivity contribution is 5.70. The fourth-order valence-electron chi connectivity index (χ4n) is 1.83. The molecule has 0 atom stereocenters. The molecular weight excluding hydrogens is 269 g/mol. The molecule has 0 unspecified atom stereocenters. The number of esters is 1. The third kappa shape index (κ3) is 4.91. The van der Waals surface area contributed by atoms with Gasteiger partial charge in [0.15, 0.2) is 0 Å². The van der Waals surface area contributed by atoms with Crippen molar-refractivity contribution in [3.8, 4) is 0 Å². The van der Waals surface area contributed by atoms with E-state index in [2.05, 4.69) is 5.32 Å². The molecule has 2 rings (SSSR count). The van der Waals surface area contributed by atoms with Gasteiger partial charge in [0.2, 0.25) is 0 Å². The van der Waals surface area contributed by atoms with Crippen LogP contribution in [-0.2, 0) is 16.1 Å². The highest BCUT2D eigenvalue weighted by Crippen LogP contribution is 2.10. The number of carbonyl (C=O) groups is 1. The van der Waals surface area contributed by atoms with Crippen LogP contribution < -0.4 is 5.32 Å². The molecule has 4 heteroatoms. The van der Waals surface area contributed by atoms with Crippen molar-refractivity contribution >= 4 is 11.7 Å². The van der Waals surface area contributed by atoms with Crippen LogP contribution in [-0.4, -0.2) is 12.5 Å². The average Bonchev–Trinajstić information content (AvgIpc) is 2.48. The van der Waals surface area contributed by atoms with Gasteiger partial charge < -0.3 is 10.1 Å². The molecule has 0 aliphatic rings. The topological polar surface area (TPSA) is 38.3 Å². The Labute approximate surface area is 123 Å². The number of hydrogen-bond acceptors (Lipinski definition) is 3. The normalized spacial score (nSPS) is 10.2. The Morgan fingerprint density at radius 1 is 1.14 bits per heavy atom. The maximum Gasteiger partial charge on any atom is 0.307 e. The maximum absolute atomic E-state index is 13.3. The van der Waals surface area contributed by atoms with Gasteiger partial charge in [0.1, 0.15) is 12.4 Å². The van der Waals surface area contributed by atoms with E-state index in [0.717, 1.165) is 5.69 Å². The first kappa shape index (κ1) is 15.0. The lowest BCUT2D eigenvalue weighted by molar-refractivity contribution is -0.144. The van der Waals surface area contributed by atoms with Crippen LogP contribution in [0.25, 0.3) is 0 Å². The first-order chi connectivity index (χ1) is 10.1. The predicted octanol–water partition coefficient (Wildman–Crippen LogP) is 3.68. The molecule has 0 aliphatic carbocycles. The van der Waals surface area contributed by atoms with Crippen molar-refractivity contribution in [2.45, 2.75) is 20.0 Å². The van der Waals surface area contributed by atoms with Crippen molar-refractivity contribution < 1.29 is 13.9 Å². The summed E-state index contributed by atoms with van der Waals surface area (Å²) in [5, 5.41) is 3.14. The molecule has 1 N–H and O–H groups in total. The zero-order valence-corrected chi connectivity index (χ0v) is 11.9. The number of anilines is 1. The predicted molar refractivity (Wildman–Crippen MR) is 80.5 cm³/mol. The summed E-state index contributed by atoms with van der Waals surface area (Å²) >= 11 is 0. The van der Waals surface area contributed by atoms with Gasteiger partial charge in [-0.05, 0) is 25.1 Å². The Bertz CT molecular complexity index is 596. The summed E-state index contributed by atoms with van der Waals surface area (Å²) in [6.07, 6.45) is 0.238. The molecule has 0 fully saturated rings. The smallest absolute Gasteiger partial charge is 0.307 e. The van der Waals surface area contributed by atoms with Crippen LogP contribution in [0.1, 0.15) is 17.5 Å². The monoisotopic (exact) mass is 287 g/mol. The maximum atomic E-state index is 13.3. The van der Waals surface area contributed by atoms with Crippen molar-refractivity contribution in [3.05, 3.63) is 65.5 Å². The lowest BCUT2D eigenvalue weighted by atomic mass is 10.2. The van der Waals surface area contributed by atoms with Gasteiger partial charge in [0.25, 0.3) is 0 Å². The fraction of sp³-hybridized carbons (Fsp3) is 0.235. The van der Waals surface area contributed by atoms with Crippen LogP contribution in [0.3, 0.4) is 0 Å². The Morgan fingerprint density at radius 2 is 1.86 bits per heavy atom. The summed E-state index contributed by atoms with van der Waals surface area (Å²) in [7, 11) is 0. The average molecular weight is 287 g/mol. The molecule has 0 bridgehead atoms. The summed E-state index contributed by atoms with van der Waals surface area (Å²) in [6.45, 7) is 2.47. The van der Waals surface area contributed by atoms with Crippen LogP contribution in [0.2, 0.25) is 0 Å².